The van der Waals surface area contributed by atoms with Crippen molar-refractivity contribution in [3.05, 3.63) is 53.4 Å². The number of aryl methyl sites for hydroxylation is 1. The minimum atomic E-state index is -0.831. The van der Waals surface area contributed by atoms with Gasteiger partial charge in [0.05, 0.1) is 24.7 Å². The van der Waals surface area contributed by atoms with Gasteiger partial charge in [-0.05, 0) is 31.2 Å². The molecule has 2 N–H and O–H groups in total. The first kappa shape index (κ1) is 21.4. The number of urea groups is 1. The van der Waals surface area contributed by atoms with E-state index in [-0.39, 0.29) is 17.8 Å². The number of rotatable bonds is 4. The molecular formula is C20H23F2N5O3. The summed E-state index contributed by atoms with van der Waals surface area (Å²) in [5.74, 6) is -1.53. The minimum absolute atomic E-state index is 0.0195. The average molecular weight is 419 g/mol. The SMILES string of the molecule is COC(=O)N1CCN(Cc2c(F)ccc(NC(=O)Nc3ccc(C)nc3)c2F)CC1. The van der Waals surface area contributed by atoms with Crippen LogP contribution in [0, 0.1) is 18.6 Å². The second-order valence-electron chi connectivity index (χ2n) is 6.89. The molecule has 0 radical (unpaired) electrons. The van der Waals surface area contributed by atoms with Gasteiger partial charge in [-0.1, -0.05) is 0 Å². The van der Waals surface area contributed by atoms with Gasteiger partial charge in [0.25, 0.3) is 0 Å². The van der Waals surface area contributed by atoms with E-state index in [1.165, 1.54) is 24.3 Å². The van der Waals surface area contributed by atoms with E-state index < -0.39 is 23.8 Å². The first-order chi connectivity index (χ1) is 14.4. The summed E-state index contributed by atoms with van der Waals surface area (Å²) in [4.78, 5) is 31.1. The van der Waals surface area contributed by atoms with E-state index in [0.717, 1.165) is 11.8 Å². The molecule has 30 heavy (non-hydrogen) atoms. The van der Waals surface area contributed by atoms with Gasteiger partial charge in [-0.25, -0.2) is 18.4 Å². The molecule has 3 amide bonds. The molecule has 1 saturated heterocycles. The van der Waals surface area contributed by atoms with Crippen LogP contribution in [0.3, 0.4) is 0 Å². The lowest BCUT2D eigenvalue weighted by molar-refractivity contribution is 0.0881. The van der Waals surface area contributed by atoms with Crippen LogP contribution in [0.15, 0.2) is 30.5 Å². The van der Waals surface area contributed by atoms with Crippen molar-refractivity contribution in [2.24, 2.45) is 0 Å². The number of anilines is 2. The second-order valence-corrected chi connectivity index (χ2v) is 6.89. The fraction of sp³-hybridized carbons (Fsp3) is 0.350. The smallest absolute Gasteiger partial charge is 0.409 e. The highest BCUT2D eigenvalue weighted by atomic mass is 19.1. The van der Waals surface area contributed by atoms with E-state index in [2.05, 4.69) is 20.4 Å². The van der Waals surface area contributed by atoms with Crippen molar-refractivity contribution in [2.45, 2.75) is 13.5 Å². The van der Waals surface area contributed by atoms with Crippen molar-refractivity contribution in [2.75, 3.05) is 43.9 Å². The minimum Gasteiger partial charge on any atom is -0.453 e. The Morgan fingerprint density at radius 3 is 2.47 bits per heavy atom. The molecule has 1 aliphatic rings. The van der Waals surface area contributed by atoms with E-state index in [1.54, 1.807) is 12.1 Å². The van der Waals surface area contributed by atoms with Crippen LogP contribution in [0.2, 0.25) is 0 Å². The lowest BCUT2D eigenvalue weighted by Crippen LogP contribution is -2.48. The molecule has 0 bridgehead atoms. The molecular weight excluding hydrogens is 396 g/mol. The second kappa shape index (κ2) is 9.49. The van der Waals surface area contributed by atoms with Crippen molar-refractivity contribution >= 4 is 23.5 Å². The molecule has 1 aromatic carbocycles. The molecule has 1 fully saturated rings. The number of halogens is 2. The summed E-state index contributed by atoms with van der Waals surface area (Å²) in [6.45, 7) is 3.54. The lowest BCUT2D eigenvalue weighted by Gasteiger charge is -2.33. The van der Waals surface area contributed by atoms with Gasteiger partial charge in [0.2, 0.25) is 0 Å². The van der Waals surface area contributed by atoms with Crippen LogP contribution >= 0.6 is 0 Å². The molecule has 0 unspecified atom stereocenters. The molecule has 1 aromatic heterocycles. The molecule has 8 nitrogen and oxygen atoms in total. The summed E-state index contributed by atoms with van der Waals surface area (Å²) in [5.41, 5.74) is 0.973. The highest BCUT2D eigenvalue weighted by molar-refractivity contribution is 5.99. The summed E-state index contributed by atoms with van der Waals surface area (Å²) >= 11 is 0. The van der Waals surface area contributed by atoms with Gasteiger partial charge >= 0.3 is 12.1 Å². The van der Waals surface area contributed by atoms with Crippen molar-refractivity contribution in [3.63, 3.8) is 0 Å². The molecule has 10 heteroatoms. The molecule has 0 atom stereocenters. The fourth-order valence-electron chi connectivity index (χ4n) is 3.11. The van der Waals surface area contributed by atoms with Crippen LogP contribution < -0.4 is 10.6 Å². The number of nitrogens with one attached hydrogen (secondary N) is 2. The maximum absolute atomic E-state index is 14.9. The Hall–Kier alpha value is -3.27. The Kier molecular flexibility index (Phi) is 6.78. The van der Waals surface area contributed by atoms with E-state index >= 15 is 0 Å². The Labute approximate surface area is 172 Å². The standard InChI is InChI=1S/C20H23F2N5O3/c1-13-3-4-14(11-23-13)24-19(28)25-17-6-5-16(21)15(18(17)22)12-26-7-9-27(10-8-26)20(29)30-2/h3-6,11H,7-10,12H2,1-2H3,(H2,24,25,28). The van der Waals surface area contributed by atoms with Crippen LogP contribution in [0.4, 0.5) is 29.7 Å². The summed E-state index contributed by atoms with van der Waals surface area (Å²) in [7, 11) is 1.31. The van der Waals surface area contributed by atoms with E-state index in [1.807, 2.05) is 11.8 Å². The molecule has 1 aliphatic heterocycles. The van der Waals surface area contributed by atoms with Crippen LogP contribution in [-0.2, 0) is 11.3 Å². The summed E-state index contributed by atoms with van der Waals surface area (Å²) in [6, 6.07) is 5.03. The van der Waals surface area contributed by atoms with E-state index in [0.29, 0.717) is 31.9 Å². The number of benzene rings is 1. The van der Waals surface area contributed by atoms with Crippen LogP contribution in [0.1, 0.15) is 11.3 Å². The van der Waals surface area contributed by atoms with Crippen LogP contribution in [-0.4, -0.2) is 60.2 Å². The Morgan fingerprint density at radius 1 is 1.10 bits per heavy atom. The number of methoxy groups -OCH3 is 1. The number of amides is 3. The Morgan fingerprint density at radius 2 is 1.83 bits per heavy atom. The van der Waals surface area contributed by atoms with Gasteiger partial charge < -0.3 is 20.3 Å². The lowest BCUT2D eigenvalue weighted by atomic mass is 10.1. The van der Waals surface area contributed by atoms with Crippen LogP contribution in [0.5, 0.6) is 0 Å². The number of hydrogen-bond acceptors (Lipinski definition) is 5. The van der Waals surface area contributed by atoms with Crippen molar-refractivity contribution in [3.8, 4) is 0 Å². The summed E-state index contributed by atoms with van der Waals surface area (Å²) in [6.07, 6.45) is 1.06. The van der Waals surface area contributed by atoms with Crippen molar-refractivity contribution in [1.29, 1.82) is 0 Å². The third-order valence-electron chi connectivity index (χ3n) is 4.79. The zero-order chi connectivity index (χ0) is 21.7. The maximum atomic E-state index is 14.9. The van der Waals surface area contributed by atoms with E-state index in [4.69, 9.17) is 0 Å². The van der Waals surface area contributed by atoms with Crippen molar-refractivity contribution < 1.29 is 23.1 Å². The average Bonchev–Trinajstić information content (AvgIpc) is 2.74. The third kappa shape index (κ3) is 5.20. The Bertz CT molecular complexity index is 915. The first-order valence-corrected chi connectivity index (χ1v) is 9.40. The summed E-state index contributed by atoms with van der Waals surface area (Å²) in [5, 5.41) is 4.95. The zero-order valence-corrected chi connectivity index (χ0v) is 16.7. The highest BCUT2D eigenvalue weighted by Crippen LogP contribution is 2.23. The molecule has 160 valence electrons. The van der Waals surface area contributed by atoms with Gasteiger partial charge in [-0.3, -0.25) is 9.88 Å². The predicted octanol–water partition coefficient (Wildman–Crippen LogP) is 3.20. The number of ether oxygens (including phenoxy) is 1. The number of pyridine rings is 1. The number of hydrogen-bond donors (Lipinski definition) is 2. The van der Waals surface area contributed by atoms with Gasteiger partial charge in [-0.2, -0.15) is 0 Å². The third-order valence-corrected chi connectivity index (χ3v) is 4.79. The fourth-order valence-corrected chi connectivity index (χ4v) is 3.11. The topological polar surface area (TPSA) is 86.8 Å². The first-order valence-electron chi connectivity index (χ1n) is 9.40. The number of piperazine rings is 1. The maximum Gasteiger partial charge on any atom is 0.409 e. The number of aromatic nitrogens is 1. The van der Waals surface area contributed by atoms with Gasteiger partial charge in [0, 0.05) is 44.0 Å². The number of nitrogens with zero attached hydrogens (tertiary/aromatic N) is 3. The molecule has 0 aliphatic carbocycles. The van der Waals surface area contributed by atoms with Gasteiger partial charge in [-0.15, -0.1) is 0 Å². The molecule has 2 heterocycles. The van der Waals surface area contributed by atoms with Crippen molar-refractivity contribution in [1.82, 2.24) is 14.8 Å². The highest BCUT2D eigenvalue weighted by Gasteiger charge is 2.24. The normalized spacial score (nSPS) is 14.3. The molecule has 0 spiro atoms. The quantitative estimate of drug-likeness (QED) is 0.795. The summed E-state index contributed by atoms with van der Waals surface area (Å²) < 4.78 is 33.9. The number of carbonyl (C=O) groups excluding carboxylic acids is 2. The molecule has 2 aromatic rings. The van der Waals surface area contributed by atoms with Gasteiger partial charge in [0.15, 0.2) is 5.82 Å². The monoisotopic (exact) mass is 419 g/mol. The predicted molar refractivity (Wildman–Crippen MR) is 107 cm³/mol. The molecule has 0 saturated carbocycles. The Balaban J connectivity index is 1.64. The number of carbonyl (C=O) groups is 2. The zero-order valence-electron chi connectivity index (χ0n) is 16.7. The largest absolute Gasteiger partial charge is 0.453 e. The van der Waals surface area contributed by atoms with Crippen LogP contribution in [0.25, 0.3) is 0 Å². The van der Waals surface area contributed by atoms with Gasteiger partial charge in [0.1, 0.15) is 5.82 Å². The molecule has 3 rings (SSSR count). The van der Waals surface area contributed by atoms with E-state index in [9.17, 15) is 18.4 Å².